The van der Waals surface area contributed by atoms with Crippen LogP contribution in [0.15, 0.2) is 18.2 Å². The molecule has 0 bridgehead atoms. The third kappa shape index (κ3) is 4.95. The molecule has 0 saturated heterocycles. The summed E-state index contributed by atoms with van der Waals surface area (Å²) >= 11 is 0. The van der Waals surface area contributed by atoms with E-state index in [9.17, 15) is 18.4 Å². The average molecular weight is 285 g/mol. The van der Waals surface area contributed by atoms with Gasteiger partial charge in [0.2, 0.25) is 5.91 Å². The van der Waals surface area contributed by atoms with Crippen molar-refractivity contribution in [1.29, 1.82) is 0 Å². The first-order chi connectivity index (χ1) is 9.21. The number of nitrogens with one attached hydrogen (secondary N) is 1. The van der Waals surface area contributed by atoms with E-state index in [2.05, 4.69) is 5.32 Å². The van der Waals surface area contributed by atoms with Crippen LogP contribution in [0.2, 0.25) is 0 Å². The number of hydrogen-bond donors (Lipinski definition) is 2. The minimum absolute atomic E-state index is 0.0959. The number of rotatable bonds is 6. The molecule has 20 heavy (non-hydrogen) atoms. The minimum atomic E-state index is -0.965. The molecule has 0 spiro atoms. The standard InChI is InChI=1S/C14H17F2NO3/c1-14(2,7-6-13(19)20)17-12(18)8-9-10(15)4-3-5-11(9)16/h3-5H,6-8H2,1-2H3,(H,17,18)(H,19,20). The van der Waals surface area contributed by atoms with E-state index in [4.69, 9.17) is 5.11 Å². The number of halogens is 2. The van der Waals surface area contributed by atoms with Crippen LogP contribution in [0, 0.1) is 11.6 Å². The molecular weight excluding hydrogens is 268 g/mol. The summed E-state index contributed by atoms with van der Waals surface area (Å²) < 4.78 is 26.8. The number of hydrogen-bond acceptors (Lipinski definition) is 2. The highest BCUT2D eigenvalue weighted by Gasteiger charge is 2.22. The Morgan fingerprint density at radius 1 is 1.25 bits per heavy atom. The van der Waals surface area contributed by atoms with Crippen LogP contribution in [0.4, 0.5) is 8.78 Å². The zero-order valence-corrected chi connectivity index (χ0v) is 11.4. The Labute approximate surface area is 115 Å². The Bertz CT molecular complexity index is 495. The van der Waals surface area contributed by atoms with Gasteiger partial charge in [0.25, 0.3) is 0 Å². The summed E-state index contributed by atoms with van der Waals surface area (Å²) in [5, 5.41) is 11.2. The molecule has 0 aliphatic heterocycles. The van der Waals surface area contributed by atoms with E-state index in [0.717, 1.165) is 12.1 Å². The van der Waals surface area contributed by atoms with Gasteiger partial charge in [-0.25, -0.2) is 8.78 Å². The number of aliphatic carboxylic acids is 1. The highest BCUT2D eigenvalue weighted by molar-refractivity contribution is 5.79. The fourth-order valence-corrected chi connectivity index (χ4v) is 1.77. The van der Waals surface area contributed by atoms with E-state index < -0.39 is 35.5 Å². The van der Waals surface area contributed by atoms with Crippen molar-refractivity contribution in [3.05, 3.63) is 35.4 Å². The highest BCUT2D eigenvalue weighted by Crippen LogP contribution is 2.15. The molecule has 0 unspecified atom stereocenters. The normalized spacial score (nSPS) is 11.2. The first-order valence-electron chi connectivity index (χ1n) is 6.17. The van der Waals surface area contributed by atoms with E-state index in [1.807, 2.05) is 0 Å². The molecule has 2 N–H and O–H groups in total. The summed E-state index contributed by atoms with van der Waals surface area (Å²) in [6.45, 7) is 3.32. The van der Waals surface area contributed by atoms with Gasteiger partial charge in [-0.15, -0.1) is 0 Å². The number of amides is 1. The molecule has 0 atom stereocenters. The Kier molecular flexibility index (Phi) is 5.19. The van der Waals surface area contributed by atoms with Crippen molar-refractivity contribution in [3.8, 4) is 0 Å². The number of carboxylic acid groups (broad SMARTS) is 1. The van der Waals surface area contributed by atoms with Crippen molar-refractivity contribution >= 4 is 11.9 Å². The lowest BCUT2D eigenvalue weighted by Crippen LogP contribution is -2.44. The molecule has 110 valence electrons. The van der Waals surface area contributed by atoms with Gasteiger partial charge in [-0.3, -0.25) is 9.59 Å². The summed E-state index contributed by atoms with van der Waals surface area (Å²) in [4.78, 5) is 22.3. The van der Waals surface area contributed by atoms with Crippen LogP contribution < -0.4 is 5.32 Å². The SMILES string of the molecule is CC(C)(CCC(=O)O)NC(=O)Cc1c(F)cccc1F. The second-order valence-corrected chi connectivity index (χ2v) is 5.20. The van der Waals surface area contributed by atoms with Crippen LogP contribution in [0.1, 0.15) is 32.3 Å². The Hall–Kier alpha value is -1.98. The predicted molar refractivity (Wildman–Crippen MR) is 69.2 cm³/mol. The summed E-state index contributed by atoms with van der Waals surface area (Å²) in [6.07, 6.45) is -0.288. The highest BCUT2D eigenvalue weighted by atomic mass is 19.1. The molecule has 4 nitrogen and oxygen atoms in total. The van der Waals surface area contributed by atoms with E-state index in [1.54, 1.807) is 13.8 Å². The second kappa shape index (κ2) is 6.45. The third-order valence-electron chi connectivity index (χ3n) is 2.84. The van der Waals surface area contributed by atoms with E-state index >= 15 is 0 Å². The lowest BCUT2D eigenvalue weighted by Gasteiger charge is -2.25. The van der Waals surface area contributed by atoms with Gasteiger partial charge in [0.15, 0.2) is 0 Å². The van der Waals surface area contributed by atoms with Gasteiger partial charge in [-0.05, 0) is 32.4 Å². The molecule has 0 heterocycles. The third-order valence-corrected chi connectivity index (χ3v) is 2.84. The maximum atomic E-state index is 13.4. The maximum absolute atomic E-state index is 13.4. The van der Waals surface area contributed by atoms with Gasteiger partial charge in [0.05, 0.1) is 6.42 Å². The first kappa shape index (κ1) is 16.1. The van der Waals surface area contributed by atoms with E-state index in [-0.39, 0.29) is 18.4 Å². The van der Waals surface area contributed by atoms with Gasteiger partial charge in [0, 0.05) is 17.5 Å². The molecule has 0 fully saturated rings. The topological polar surface area (TPSA) is 66.4 Å². The van der Waals surface area contributed by atoms with Crippen LogP contribution in [-0.4, -0.2) is 22.5 Å². The van der Waals surface area contributed by atoms with Crippen LogP contribution in [0.25, 0.3) is 0 Å². The Balaban J connectivity index is 2.65. The second-order valence-electron chi connectivity index (χ2n) is 5.20. The summed E-state index contributed by atoms with van der Waals surface area (Å²) in [5.41, 5.74) is -1.05. The van der Waals surface area contributed by atoms with Crippen molar-refractivity contribution in [2.45, 2.75) is 38.6 Å². The number of carbonyl (C=O) groups excluding carboxylic acids is 1. The molecular formula is C14H17F2NO3. The zero-order valence-electron chi connectivity index (χ0n) is 11.4. The van der Waals surface area contributed by atoms with Crippen LogP contribution in [0.3, 0.4) is 0 Å². The molecule has 0 radical (unpaired) electrons. The van der Waals surface area contributed by atoms with Crippen molar-refractivity contribution < 1.29 is 23.5 Å². The number of carboxylic acids is 1. The maximum Gasteiger partial charge on any atom is 0.303 e. The Morgan fingerprint density at radius 2 is 1.80 bits per heavy atom. The van der Waals surface area contributed by atoms with Crippen LogP contribution >= 0.6 is 0 Å². The lowest BCUT2D eigenvalue weighted by atomic mass is 9.97. The zero-order chi connectivity index (χ0) is 15.3. The number of carbonyl (C=O) groups is 2. The fraction of sp³-hybridized carbons (Fsp3) is 0.429. The quantitative estimate of drug-likeness (QED) is 0.842. The van der Waals surface area contributed by atoms with Gasteiger partial charge >= 0.3 is 5.97 Å². The Morgan fingerprint density at radius 3 is 2.30 bits per heavy atom. The van der Waals surface area contributed by atoms with Crippen LogP contribution in [0.5, 0.6) is 0 Å². The molecule has 1 aromatic rings. The smallest absolute Gasteiger partial charge is 0.303 e. The number of benzene rings is 1. The van der Waals surface area contributed by atoms with Crippen LogP contribution in [-0.2, 0) is 16.0 Å². The molecule has 6 heteroatoms. The van der Waals surface area contributed by atoms with Crippen molar-refractivity contribution in [3.63, 3.8) is 0 Å². The van der Waals surface area contributed by atoms with E-state index in [0.29, 0.717) is 0 Å². The summed E-state index contributed by atoms with van der Waals surface area (Å²) in [5.74, 6) is -3.07. The van der Waals surface area contributed by atoms with Gasteiger partial charge in [-0.2, -0.15) is 0 Å². The molecule has 1 rings (SSSR count). The fourth-order valence-electron chi connectivity index (χ4n) is 1.77. The molecule has 0 aromatic heterocycles. The molecule has 0 saturated carbocycles. The van der Waals surface area contributed by atoms with Gasteiger partial charge < -0.3 is 10.4 Å². The van der Waals surface area contributed by atoms with Crippen molar-refractivity contribution in [2.75, 3.05) is 0 Å². The lowest BCUT2D eigenvalue weighted by molar-refractivity contribution is -0.137. The summed E-state index contributed by atoms with van der Waals surface area (Å²) in [6, 6.07) is 3.39. The molecule has 1 amide bonds. The monoisotopic (exact) mass is 285 g/mol. The molecule has 0 aliphatic carbocycles. The predicted octanol–water partition coefficient (Wildman–Crippen LogP) is 2.27. The average Bonchev–Trinajstić information content (AvgIpc) is 2.31. The van der Waals surface area contributed by atoms with Gasteiger partial charge in [-0.1, -0.05) is 6.07 Å². The summed E-state index contributed by atoms with van der Waals surface area (Å²) in [7, 11) is 0. The van der Waals surface area contributed by atoms with Crippen molar-refractivity contribution in [2.24, 2.45) is 0 Å². The molecule has 1 aromatic carbocycles. The van der Waals surface area contributed by atoms with Crippen molar-refractivity contribution in [1.82, 2.24) is 5.32 Å². The molecule has 0 aliphatic rings. The first-order valence-corrected chi connectivity index (χ1v) is 6.17. The minimum Gasteiger partial charge on any atom is -0.481 e. The van der Waals surface area contributed by atoms with Gasteiger partial charge in [0.1, 0.15) is 11.6 Å². The largest absolute Gasteiger partial charge is 0.481 e. The van der Waals surface area contributed by atoms with E-state index in [1.165, 1.54) is 6.07 Å².